The van der Waals surface area contributed by atoms with Gasteiger partial charge in [-0.05, 0) is 91.7 Å². The molecular weight excluding hydrogens is 454 g/mol. The molecule has 0 saturated heterocycles. The van der Waals surface area contributed by atoms with E-state index in [9.17, 15) is 9.59 Å². The molecule has 0 aliphatic heterocycles. The number of methoxy groups -OCH3 is 1. The lowest BCUT2D eigenvalue weighted by atomic mass is 9.44. The molecule has 1 N–H and O–H groups in total. The lowest BCUT2D eigenvalue weighted by Crippen LogP contribution is -2.63. The van der Waals surface area contributed by atoms with Crippen molar-refractivity contribution in [2.45, 2.75) is 68.2 Å². The molecule has 0 heterocycles. The molecule has 0 radical (unpaired) electrons. The molecule has 1 amide bonds. The van der Waals surface area contributed by atoms with Crippen LogP contribution >= 0.6 is 11.8 Å². The summed E-state index contributed by atoms with van der Waals surface area (Å²) in [6.07, 6.45) is 9.92. The highest BCUT2D eigenvalue weighted by Crippen LogP contribution is 2.61. The van der Waals surface area contributed by atoms with Gasteiger partial charge in [0.2, 0.25) is 0 Å². The highest BCUT2D eigenvalue weighted by molar-refractivity contribution is 7.99. The third-order valence-electron chi connectivity index (χ3n) is 8.05. The van der Waals surface area contributed by atoms with Gasteiger partial charge in [0.15, 0.2) is 0 Å². The van der Waals surface area contributed by atoms with E-state index in [1.54, 1.807) is 11.8 Å². The summed E-state index contributed by atoms with van der Waals surface area (Å²) in [5.41, 5.74) is 1.01. The molecule has 2 bridgehead atoms. The monoisotopic (exact) mass is 491 g/mol. The van der Waals surface area contributed by atoms with Crippen molar-refractivity contribution in [2.24, 2.45) is 23.2 Å². The third-order valence-corrected chi connectivity index (χ3v) is 9.07. The number of allylic oxidation sites excluding steroid dienone is 2. The quantitative estimate of drug-likeness (QED) is 0.223. The van der Waals surface area contributed by atoms with Crippen LogP contribution in [0.25, 0.3) is 0 Å². The second-order valence-electron chi connectivity index (χ2n) is 10.5. The zero-order chi connectivity index (χ0) is 24.8. The molecule has 4 unspecified atom stereocenters. The molecule has 4 nitrogen and oxygen atoms in total. The van der Waals surface area contributed by atoms with E-state index in [2.05, 4.69) is 43.4 Å². The van der Waals surface area contributed by atoms with Crippen molar-refractivity contribution in [3.8, 4) is 0 Å². The van der Waals surface area contributed by atoms with Crippen molar-refractivity contribution in [1.29, 1.82) is 0 Å². The van der Waals surface area contributed by atoms with Crippen LogP contribution < -0.4 is 5.32 Å². The van der Waals surface area contributed by atoms with Gasteiger partial charge < -0.3 is 10.1 Å². The Morgan fingerprint density at radius 3 is 2.43 bits per heavy atom. The number of carbonyl (C=O) groups is 2. The van der Waals surface area contributed by atoms with E-state index in [4.69, 9.17) is 4.74 Å². The average molecular weight is 492 g/mol. The minimum atomic E-state index is -0.150. The first-order valence-electron chi connectivity index (χ1n) is 12.7. The standard InChI is InChI=1S/C30H37NO3S/c1-30(2)23-19-22(11-7-4-5-10-14-27(32)34-3)28(26(30)20-23)31-29(33)21-15-17-25(18-16-21)35-24-12-8-6-9-13-24/h4,6-9,12-13,15-18,22-23,26,28H,5,10-11,14,19-20H2,1-3H3,(H,31,33)/b7-4+. The van der Waals surface area contributed by atoms with Crippen LogP contribution in [0, 0.1) is 23.2 Å². The van der Waals surface area contributed by atoms with Gasteiger partial charge in [-0.25, -0.2) is 0 Å². The molecule has 2 aromatic rings. The fourth-order valence-corrected chi connectivity index (χ4v) is 6.59. The SMILES string of the molecule is COC(=O)CCC/C=C/CC1CC2CC(C1NC(=O)c1ccc(Sc3ccccc3)cc1)C2(C)C. The fraction of sp³-hybridized carbons (Fsp3) is 0.467. The van der Waals surface area contributed by atoms with Gasteiger partial charge in [0, 0.05) is 27.8 Å². The van der Waals surface area contributed by atoms with Crippen molar-refractivity contribution in [3.05, 3.63) is 72.3 Å². The van der Waals surface area contributed by atoms with Gasteiger partial charge in [0.05, 0.1) is 7.11 Å². The topological polar surface area (TPSA) is 55.4 Å². The molecule has 186 valence electrons. The van der Waals surface area contributed by atoms with E-state index < -0.39 is 0 Å². The molecule has 35 heavy (non-hydrogen) atoms. The highest BCUT2D eigenvalue weighted by Gasteiger charge is 2.57. The number of carbonyl (C=O) groups excluding carboxylic acids is 2. The number of hydrogen-bond acceptors (Lipinski definition) is 4. The summed E-state index contributed by atoms with van der Waals surface area (Å²) in [6, 6.07) is 18.4. The van der Waals surface area contributed by atoms with Crippen LogP contribution in [-0.4, -0.2) is 25.0 Å². The molecule has 3 aliphatic carbocycles. The number of hydrogen-bond donors (Lipinski definition) is 1. The smallest absolute Gasteiger partial charge is 0.305 e. The van der Waals surface area contributed by atoms with E-state index in [0.29, 0.717) is 18.3 Å². The Bertz CT molecular complexity index is 1030. The second kappa shape index (κ2) is 11.5. The Balaban J connectivity index is 1.35. The van der Waals surface area contributed by atoms with E-state index in [1.165, 1.54) is 18.4 Å². The van der Waals surface area contributed by atoms with Gasteiger partial charge in [-0.1, -0.05) is 56.0 Å². The number of nitrogens with one attached hydrogen (secondary N) is 1. The van der Waals surface area contributed by atoms with Crippen molar-refractivity contribution in [1.82, 2.24) is 5.32 Å². The third kappa shape index (κ3) is 6.19. The largest absolute Gasteiger partial charge is 0.469 e. The maximum Gasteiger partial charge on any atom is 0.305 e. The molecule has 0 spiro atoms. The molecular formula is C30H37NO3S. The number of esters is 1. The van der Waals surface area contributed by atoms with E-state index >= 15 is 0 Å². The van der Waals surface area contributed by atoms with Crippen LogP contribution in [0.2, 0.25) is 0 Å². The molecule has 5 heteroatoms. The Kier molecular flexibility index (Phi) is 8.38. The van der Waals surface area contributed by atoms with E-state index in [0.717, 1.165) is 42.1 Å². The summed E-state index contributed by atoms with van der Waals surface area (Å²) in [4.78, 5) is 26.8. The number of ether oxygens (including phenoxy) is 1. The van der Waals surface area contributed by atoms with Crippen molar-refractivity contribution in [2.75, 3.05) is 7.11 Å². The molecule has 3 fully saturated rings. The molecule has 2 aromatic carbocycles. The van der Waals surface area contributed by atoms with Gasteiger partial charge in [0.25, 0.3) is 5.91 Å². The number of rotatable bonds is 10. The zero-order valence-corrected chi connectivity index (χ0v) is 21.9. The summed E-state index contributed by atoms with van der Waals surface area (Å²) in [5, 5.41) is 3.43. The number of benzene rings is 2. The first-order chi connectivity index (χ1) is 16.9. The van der Waals surface area contributed by atoms with Gasteiger partial charge >= 0.3 is 5.97 Å². The Morgan fingerprint density at radius 2 is 1.74 bits per heavy atom. The minimum Gasteiger partial charge on any atom is -0.469 e. The van der Waals surface area contributed by atoms with Crippen molar-refractivity contribution in [3.63, 3.8) is 0 Å². The van der Waals surface area contributed by atoms with Crippen LogP contribution in [0.3, 0.4) is 0 Å². The van der Waals surface area contributed by atoms with Gasteiger partial charge in [-0.2, -0.15) is 0 Å². The predicted octanol–water partition coefficient (Wildman–Crippen LogP) is 6.91. The summed E-state index contributed by atoms with van der Waals surface area (Å²) in [6.45, 7) is 4.72. The maximum absolute atomic E-state index is 13.2. The van der Waals surface area contributed by atoms with Gasteiger partial charge in [-0.15, -0.1) is 0 Å². The lowest BCUT2D eigenvalue weighted by molar-refractivity contribution is -0.140. The normalized spacial score (nSPS) is 24.5. The first-order valence-corrected chi connectivity index (χ1v) is 13.6. The van der Waals surface area contributed by atoms with E-state index in [-0.39, 0.29) is 23.3 Å². The van der Waals surface area contributed by atoms with E-state index in [1.807, 2.05) is 42.5 Å². The summed E-state index contributed by atoms with van der Waals surface area (Å²) < 4.78 is 4.70. The van der Waals surface area contributed by atoms with Crippen LogP contribution in [0.4, 0.5) is 0 Å². The highest BCUT2D eigenvalue weighted by atomic mass is 32.2. The van der Waals surface area contributed by atoms with Gasteiger partial charge in [0.1, 0.15) is 0 Å². The Hall–Kier alpha value is -2.53. The maximum atomic E-state index is 13.2. The molecule has 0 aromatic heterocycles. The molecule has 3 aliphatic rings. The van der Waals surface area contributed by atoms with Crippen LogP contribution in [-0.2, 0) is 9.53 Å². The number of amides is 1. The summed E-state index contributed by atoms with van der Waals surface area (Å²) in [5.74, 6) is 1.60. The van der Waals surface area contributed by atoms with Crippen LogP contribution in [0.5, 0.6) is 0 Å². The Labute approximate surface area is 213 Å². The number of fused-ring (bicyclic) bond motifs is 2. The summed E-state index contributed by atoms with van der Waals surface area (Å²) in [7, 11) is 1.43. The van der Waals surface area contributed by atoms with Crippen LogP contribution in [0.15, 0.2) is 76.5 Å². The van der Waals surface area contributed by atoms with Gasteiger partial charge in [-0.3, -0.25) is 9.59 Å². The molecule has 3 saturated carbocycles. The fourth-order valence-electron chi connectivity index (χ4n) is 5.76. The van der Waals surface area contributed by atoms with Crippen LogP contribution in [0.1, 0.15) is 62.7 Å². The van der Waals surface area contributed by atoms with Crippen molar-refractivity contribution < 1.29 is 14.3 Å². The summed E-state index contributed by atoms with van der Waals surface area (Å²) >= 11 is 1.70. The predicted molar refractivity (Wildman–Crippen MR) is 141 cm³/mol. The zero-order valence-electron chi connectivity index (χ0n) is 21.0. The number of unbranched alkanes of at least 4 members (excludes halogenated alkanes) is 1. The molecule has 4 atom stereocenters. The molecule has 5 rings (SSSR count). The minimum absolute atomic E-state index is 0.0273. The first kappa shape index (κ1) is 25.6. The average Bonchev–Trinajstić information content (AvgIpc) is 2.87. The Morgan fingerprint density at radius 1 is 1.03 bits per heavy atom. The lowest BCUT2D eigenvalue weighted by Gasteiger charge is -2.62. The van der Waals surface area contributed by atoms with Crippen molar-refractivity contribution >= 4 is 23.6 Å². The second-order valence-corrected chi connectivity index (χ2v) is 11.6.